The van der Waals surface area contributed by atoms with Gasteiger partial charge in [-0.2, -0.15) is 92.2 Å². The molecule has 5 fully saturated rings. The number of hydrogen-bond donors (Lipinski definition) is 0. The molecule has 782 valence electrons. The second-order valence-electron chi connectivity index (χ2n) is 29.9. The van der Waals surface area contributed by atoms with Crippen molar-refractivity contribution in [2.75, 3.05) is 39.6 Å². The fourth-order valence-corrected chi connectivity index (χ4v) is 13.5. The number of carbonyl (C=O) groups is 16. The van der Waals surface area contributed by atoms with E-state index in [0.717, 1.165) is 48.5 Å². The van der Waals surface area contributed by atoms with Crippen LogP contribution in [0.1, 0.15) is 117 Å². The first kappa shape index (κ1) is 117. The molecule has 1 unspecified atom stereocenters. The van der Waals surface area contributed by atoms with Crippen molar-refractivity contribution in [1.29, 1.82) is 0 Å². The predicted octanol–water partition coefficient (Wildman–Crippen LogP) is 4.90. The predicted molar refractivity (Wildman–Crippen MR) is 378 cm³/mol. The Bertz CT molecular complexity index is 4330. The Hall–Kier alpha value is -10.4. The van der Waals surface area contributed by atoms with E-state index >= 15 is 35.1 Å². The summed E-state index contributed by atoms with van der Waals surface area (Å²) >= 11 is 0. The Morgan fingerprint density at radius 1 is 0.197 bits per heavy atom. The highest BCUT2D eigenvalue weighted by Crippen LogP contribution is 2.67. The summed E-state index contributed by atoms with van der Waals surface area (Å²) in [5.74, 6) is -104. The zero-order valence-corrected chi connectivity index (χ0v) is 73.5. The van der Waals surface area contributed by atoms with Gasteiger partial charge in [0.25, 0.3) is 0 Å². The van der Waals surface area contributed by atoms with E-state index < -0.39 is 355 Å². The van der Waals surface area contributed by atoms with Crippen molar-refractivity contribution in [2.24, 2.45) is 0 Å². The SMILES string of the molecule is CC(=O)OC[C@H]1O[C@@H](O[C@@H]2[C@@H](OC(C)=O)[C@H](O[C@@H]3[C@@H](OC(C)=O)[C@H](O[C@@H]4[C@@H](OC(C)=O)[C@H](O[C@H]5[C@H](OC(C)=O)[C@@H](COC(C)=O)OC(OCCC(F)(F)C(F)(F)C(F)(F)C(F)(F)C(F)(F)C(F)(F)C(F)(F)C(F)(F)C(F)(F)C(F)(F)F)[C@@H]5OC(C)=O)O[C@H](COC(C)=O)[C@H]4OC(C)=O)O[C@H](COC(C)=O)[C@H]3OC(C)=O)O[C@H](COC(C)=O)[C@H]2OC(C)=O)[C@H](OC(C)=O)[C@@H](OC(C)=O)[C@@H]1OC(C)=O. The minimum Gasteiger partial charge on any atom is -0.463 e. The lowest BCUT2D eigenvalue weighted by Gasteiger charge is -2.52. The Morgan fingerprint density at radius 2 is 0.358 bits per heavy atom. The number of halogens is 21. The summed E-state index contributed by atoms with van der Waals surface area (Å²) in [6, 6.07) is 0. The van der Waals surface area contributed by atoms with Crippen LogP contribution in [-0.4, -0.2) is 348 Å². The highest BCUT2D eigenvalue weighted by Gasteiger charge is 2.98. The minimum absolute atomic E-state index is 0.356. The highest BCUT2D eigenvalue weighted by molar-refractivity contribution is 5.72. The van der Waals surface area contributed by atoms with E-state index in [1.165, 1.54) is 0 Å². The van der Waals surface area contributed by atoms with Gasteiger partial charge in [-0.15, -0.1) is 0 Å². The molecule has 0 saturated carbocycles. The van der Waals surface area contributed by atoms with Crippen LogP contribution in [0, 0.1) is 0 Å². The van der Waals surface area contributed by atoms with Gasteiger partial charge in [-0.05, 0) is 0 Å². The first-order chi connectivity index (χ1) is 62.6. The summed E-state index contributed by atoms with van der Waals surface area (Å²) < 4.78 is 453. The molecule has 5 rings (SSSR count). The van der Waals surface area contributed by atoms with E-state index in [9.17, 15) is 134 Å². The lowest BCUT2D eigenvalue weighted by molar-refractivity contribution is -0.474. The topological polar surface area (TPSA) is 513 Å². The van der Waals surface area contributed by atoms with Gasteiger partial charge in [0, 0.05) is 117 Å². The molecule has 0 aromatic heterocycles. The first-order valence-corrected chi connectivity index (χ1v) is 39.1. The van der Waals surface area contributed by atoms with Gasteiger partial charge in [0.1, 0.15) is 88.0 Å². The summed E-state index contributed by atoms with van der Waals surface area (Å²) in [4.78, 5) is 211. The molecule has 0 radical (unpaired) electrons. The molecule has 42 nitrogen and oxygen atoms in total. The van der Waals surface area contributed by atoms with E-state index in [4.69, 9.17) is 123 Å². The molecule has 25 atom stereocenters. The molecule has 0 aromatic rings. The van der Waals surface area contributed by atoms with E-state index in [1.807, 2.05) is 0 Å². The van der Waals surface area contributed by atoms with Gasteiger partial charge in [0.05, 0.1) is 6.61 Å². The number of esters is 16. The van der Waals surface area contributed by atoms with Crippen molar-refractivity contribution < 1.29 is 292 Å². The first-order valence-electron chi connectivity index (χ1n) is 39.1. The summed E-state index contributed by atoms with van der Waals surface area (Å²) in [5, 5.41) is 0. The number of ether oxygens (including phenoxy) is 26. The number of rotatable bonds is 41. The average Bonchev–Trinajstić information content (AvgIpc) is 0.684. The molecule has 137 heavy (non-hydrogen) atoms. The Morgan fingerprint density at radius 3 is 0.555 bits per heavy atom. The highest BCUT2D eigenvalue weighted by atomic mass is 19.4. The van der Waals surface area contributed by atoms with Crippen molar-refractivity contribution in [3.05, 3.63) is 0 Å². The minimum atomic E-state index is -9.58. The molecule has 0 spiro atoms. The molecule has 0 N–H and O–H groups in total. The smallest absolute Gasteiger partial charge is 0.460 e. The maximum absolute atomic E-state index is 15.8. The molecule has 0 amide bonds. The second kappa shape index (κ2) is 46.2. The van der Waals surface area contributed by atoms with Crippen LogP contribution in [0.2, 0.25) is 0 Å². The standard InChI is InChI=1S/C74H87F21O42/c1-24(96)113-19-40-46(119-30(7)102)51(55(124-35(12)107)60(129-40)112-18-17-65(75,76)66(77,78)67(79,80)68(81,82)69(83,84)70(85,86)71(87,88)72(89,90)73(91,92)74(93,94)95)134-62-57(126-37(14)109)53(48(121-32(9)104)42(131-62)21-115-26(3)98)136-64-59(128-39(16)111)54(49(122-33(10)105)44(133-64)23-117-28(5)100)137-63-58(127-38(15)110)52(47(120-31(8)103)43(132-63)22-116-27(4)99)135-61-56(125-36(13)108)50(123-34(11)106)45(118-29(6)101)41(130-61)20-114-25(2)97/h40-64H,17-23H2,1-16H3/t40-,41-,42-,43-,44-,45-,46-,47-,48-,49-,50+,51+,52+,53+,54+,55-,56-,57-,58-,59-,60?,61+,62+,63+,64+/m1/s1. The van der Waals surface area contributed by atoms with Crippen LogP contribution in [0.15, 0.2) is 0 Å². The van der Waals surface area contributed by atoms with Crippen LogP contribution >= 0.6 is 0 Å². The molecular formula is C74H87F21O42. The second-order valence-corrected chi connectivity index (χ2v) is 29.9. The van der Waals surface area contributed by atoms with Crippen molar-refractivity contribution in [3.8, 4) is 0 Å². The summed E-state index contributed by atoms with van der Waals surface area (Å²) in [7, 11) is 0. The van der Waals surface area contributed by atoms with Gasteiger partial charge in [0.2, 0.25) is 0 Å². The van der Waals surface area contributed by atoms with Crippen molar-refractivity contribution in [1.82, 2.24) is 0 Å². The molecular weight excluding hydrogens is 1960 g/mol. The van der Waals surface area contributed by atoms with Crippen LogP contribution < -0.4 is 0 Å². The van der Waals surface area contributed by atoms with Crippen LogP contribution in [0.3, 0.4) is 0 Å². The summed E-state index contributed by atoms with van der Waals surface area (Å²) in [6.07, 6.45) is -76.0. The van der Waals surface area contributed by atoms with Crippen molar-refractivity contribution in [2.45, 2.75) is 330 Å². The maximum atomic E-state index is 15.8. The lowest BCUT2D eigenvalue weighted by atomic mass is 9.86. The monoisotopic (exact) mass is 2050 g/mol. The number of carbonyl (C=O) groups excluding carboxylic acids is 16. The van der Waals surface area contributed by atoms with Crippen LogP contribution in [0.5, 0.6) is 0 Å². The maximum Gasteiger partial charge on any atom is 0.460 e. The van der Waals surface area contributed by atoms with Gasteiger partial charge in [-0.25, -0.2) is 0 Å². The van der Waals surface area contributed by atoms with Crippen LogP contribution in [-0.2, 0) is 200 Å². The third-order valence-corrected chi connectivity index (χ3v) is 19.0. The van der Waals surface area contributed by atoms with Crippen LogP contribution in [0.25, 0.3) is 0 Å². The lowest BCUT2D eigenvalue weighted by Crippen LogP contribution is -2.76. The van der Waals surface area contributed by atoms with Gasteiger partial charge < -0.3 is 123 Å². The number of hydrogen-bond acceptors (Lipinski definition) is 42. The zero-order chi connectivity index (χ0) is 105. The van der Waals surface area contributed by atoms with E-state index in [-0.39, 0.29) is 0 Å². The van der Waals surface area contributed by atoms with E-state index in [0.29, 0.717) is 62.3 Å². The van der Waals surface area contributed by atoms with Gasteiger partial charge >= 0.3 is 155 Å². The van der Waals surface area contributed by atoms with Crippen molar-refractivity contribution in [3.63, 3.8) is 0 Å². The molecule has 5 aliphatic heterocycles. The fraction of sp³-hybridized carbons (Fsp3) is 0.784. The normalized spacial score (nSPS) is 29.2. The van der Waals surface area contributed by atoms with E-state index in [2.05, 4.69) is 0 Å². The molecule has 5 aliphatic rings. The molecule has 0 aliphatic carbocycles. The zero-order valence-electron chi connectivity index (χ0n) is 73.5. The molecule has 5 heterocycles. The number of alkyl halides is 21. The Kier molecular flexibility index (Phi) is 39.5. The van der Waals surface area contributed by atoms with Gasteiger partial charge in [0.15, 0.2) is 98.6 Å². The van der Waals surface area contributed by atoms with Gasteiger partial charge in [-0.3, -0.25) is 76.7 Å². The average molecular weight is 2050 g/mol. The summed E-state index contributed by atoms with van der Waals surface area (Å²) in [5.41, 5.74) is 0. The largest absolute Gasteiger partial charge is 0.463 e. The molecule has 0 aromatic carbocycles. The summed E-state index contributed by atoms with van der Waals surface area (Å²) in [6.45, 7) is 1.49. The Labute approximate surface area is 755 Å². The van der Waals surface area contributed by atoms with E-state index in [1.54, 1.807) is 0 Å². The third kappa shape index (κ3) is 27.8. The third-order valence-electron chi connectivity index (χ3n) is 19.0. The quantitative estimate of drug-likeness (QED) is 0.0446. The fourth-order valence-electron chi connectivity index (χ4n) is 13.5. The molecule has 63 heteroatoms. The Balaban J connectivity index is 1.85. The van der Waals surface area contributed by atoms with Crippen molar-refractivity contribution >= 4 is 95.5 Å². The van der Waals surface area contributed by atoms with Crippen LogP contribution in [0.4, 0.5) is 92.2 Å². The van der Waals surface area contributed by atoms with Gasteiger partial charge in [-0.1, -0.05) is 0 Å². The molecule has 5 saturated heterocycles. The molecule has 0 bridgehead atoms.